The normalized spacial score (nSPS) is 20.0. The fourth-order valence-electron chi connectivity index (χ4n) is 3.56. The summed E-state index contributed by atoms with van der Waals surface area (Å²) in [6.45, 7) is 1.20. The Hall–Kier alpha value is -2.77. The molecule has 0 aromatic carbocycles. The second-order valence-electron chi connectivity index (χ2n) is 7.41. The van der Waals surface area contributed by atoms with Crippen molar-refractivity contribution >= 4 is 11.8 Å². The molecule has 0 bridgehead atoms. The first kappa shape index (κ1) is 17.6. The van der Waals surface area contributed by atoms with Crippen molar-refractivity contribution in [1.82, 2.24) is 24.9 Å². The maximum Gasteiger partial charge on any atom is 0.229 e. The largest absolute Gasteiger partial charge is 0.339 e. The van der Waals surface area contributed by atoms with Gasteiger partial charge >= 0.3 is 0 Å². The predicted octanol–water partition coefficient (Wildman–Crippen LogP) is 1.74. The molecule has 2 amide bonds. The lowest BCUT2D eigenvalue weighted by Gasteiger charge is -2.21. The average molecular weight is 369 g/mol. The third kappa shape index (κ3) is 3.84. The van der Waals surface area contributed by atoms with E-state index in [1.807, 2.05) is 12.1 Å². The zero-order valence-electron chi connectivity index (χ0n) is 15.4. The Kier molecular flexibility index (Phi) is 4.87. The highest BCUT2D eigenvalue weighted by Gasteiger charge is 2.36. The smallest absolute Gasteiger partial charge is 0.229 e. The first-order chi connectivity index (χ1) is 13.1. The van der Waals surface area contributed by atoms with E-state index in [9.17, 15) is 9.59 Å². The summed E-state index contributed by atoms with van der Waals surface area (Å²) in [6, 6.07) is 3.77. The van der Waals surface area contributed by atoms with Gasteiger partial charge in [0.05, 0.1) is 12.5 Å². The minimum Gasteiger partial charge on any atom is -0.339 e. The molecule has 0 unspecified atom stereocenters. The van der Waals surface area contributed by atoms with Crippen LogP contribution in [-0.4, -0.2) is 50.3 Å². The molecule has 0 radical (unpaired) electrons. The molecule has 2 fully saturated rings. The van der Waals surface area contributed by atoms with Crippen molar-refractivity contribution in [2.75, 3.05) is 13.6 Å². The molecule has 0 spiro atoms. The van der Waals surface area contributed by atoms with E-state index in [2.05, 4.69) is 15.1 Å². The summed E-state index contributed by atoms with van der Waals surface area (Å²) in [6.07, 6.45) is 7.06. The first-order valence-corrected chi connectivity index (χ1v) is 9.34. The third-order valence-corrected chi connectivity index (χ3v) is 5.35. The molecule has 1 aliphatic heterocycles. The van der Waals surface area contributed by atoms with Crippen LogP contribution in [0, 0.1) is 5.92 Å². The molecule has 27 heavy (non-hydrogen) atoms. The number of amides is 2. The van der Waals surface area contributed by atoms with Crippen molar-refractivity contribution in [3.05, 3.63) is 41.8 Å². The fraction of sp³-hybridized carbons (Fsp3) is 0.526. The van der Waals surface area contributed by atoms with Crippen molar-refractivity contribution in [3.63, 3.8) is 0 Å². The zero-order chi connectivity index (χ0) is 18.8. The summed E-state index contributed by atoms with van der Waals surface area (Å²) >= 11 is 0. The Balaban J connectivity index is 1.33. The lowest BCUT2D eigenvalue weighted by molar-refractivity contribution is -0.135. The number of nitrogens with zero attached hydrogens (tertiary/aromatic N) is 5. The van der Waals surface area contributed by atoms with E-state index in [-0.39, 0.29) is 24.2 Å². The Labute approximate surface area is 157 Å². The average Bonchev–Trinajstić information content (AvgIpc) is 3.21. The fourth-order valence-corrected chi connectivity index (χ4v) is 3.56. The number of aromatic nitrogens is 3. The van der Waals surface area contributed by atoms with Gasteiger partial charge in [0, 0.05) is 44.9 Å². The molecule has 1 saturated carbocycles. The van der Waals surface area contributed by atoms with Gasteiger partial charge in [-0.15, -0.1) is 0 Å². The van der Waals surface area contributed by atoms with Crippen LogP contribution in [0.4, 0.5) is 0 Å². The molecule has 8 nitrogen and oxygen atoms in total. The number of carbonyl (C=O) groups excluding carboxylic acids is 2. The van der Waals surface area contributed by atoms with E-state index >= 15 is 0 Å². The lowest BCUT2D eigenvalue weighted by atomic mass is 9.85. The summed E-state index contributed by atoms with van der Waals surface area (Å²) in [7, 11) is 1.72. The second kappa shape index (κ2) is 7.46. The van der Waals surface area contributed by atoms with Crippen LogP contribution in [0.15, 0.2) is 29.0 Å². The maximum atomic E-state index is 12.7. The summed E-state index contributed by atoms with van der Waals surface area (Å²) < 4.78 is 5.31. The molecule has 1 aliphatic carbocycles. The third-order valence-electron chi connectivity index (χ3n) is 5.35. The molecule has 8 heteroatoms. The Morgan fingerprint density at radius 3 is 2.96 bits per heavy atom. The van der Waals surface area contributed by atoms with E-state index in [0.717, 1.165) is 18.4 Å². The Bertz CT molecular complexity index is 818. The molecule has 3 heterocycles. The predicted molar refractivity (Wildman–Crippen MR) is 95.1 cm³/mol. The number of pyridine rings is 1. The van der Waals surface area contributed by atoms with Gasteiger partial charge in [0.2, 0.25) is 17.7 Å². The van der Waals surface area contributed by atoms with Gasteiger partial charge in [0.25, 0.3) is 0 Å². The molecule has 2 aliphatic rings. The molecule has 1 saturated heterocycles. The Morgan fingerprint density at radius 2 is 2.26 bits per heavy atom. The minimum atomic E-state index is -0.336. The van der Waals surface area contributed by atoms with Crippen molar-refractivity contribution < 1.29 is 14.1 Å². The monoisotopic (exact) mass is 369 g/mol. The van der Waals surface area contributed by atoms with Crippen LogP contribution in [0.5, 0.6) is 0 Å². The van der Waals surface area contributed by atoms with Gasteiger partial charge in [-0.05, 0) is 24.5 Å². The highest BCUT2D eigenvalue weighted by atomic mass is 16.5. The number of hydrogen-bond donors (Lipinski definition) is 0. The van der Waals surface area contributed by atoms with E-state index in [0.29, 0.717) is 37.3 Å². The standard InChI is InChI=1S/C19H23N5O3/c1-23(12-16-21-18(27-22-16)14-5-2-6-14)19(26)15-8-17(25)24(11-15)10-13-4-3-7-20-9-13/h3-4,7,9,14-15H,2,5-6,8,10-12H2,1H3/t15-/m0/s1. The molecular formula is C19H23N5O3. The van der Waals surface area contributed by atoms with Crippen molar-refractivity contribution in [2.45, 2.75) is 44.7 Å². The molecule has 1 atom stereocenters. The van der Waals surface area contributed by atoms with Crippen molar-refractivity contribution in [2.24, 2.45) is 5.92 Å². The minimum absolute atomic E-state index is 0.00238. The topological polar surface area (TPSA) is 92.4 Å². The van der Waals surface area contributed by atoms with E-state index in [1.165, 1.54) is 6.42 Å². The summed E-state index contributed by atoms with van der Waals surface area (Å²) in [5.74, 6) is 1.17. The summed E-state index contributed by atoms with van der Waals surface area (Å²) in [5.41, 5.74) is 0.961. The van der Waals surface area contributed by atoms with Gasteiger partial charge in [-0.3, -0.25) is 14.6 Å². The van der Waals surface area contributed by atoms with Crippen LogP contribution in [0.25, 0.3) is 0 Å². The second-order valence-corrected chi connectivity index (χ2v) is 7.41. The van der Waals surface area contributed by atoms with Crippen LogP contribution < -0.4 is 0 Å². The van der Waals surface area contributed by atoms with E-state index in [1.54, 1.807) is 29.2 Å². The molecular weight excluding hydrogens is 346 g/mol. The molecule has 2 aromatic heterocycles. The van der Waals surface area contributed by atoms with Crippen LogP contribution in [-0.2, 0) is 22.7 Å². The number of hydrogen-bond acceptors (Lipinski definition) is 6. The van der Waals surface area contributed by atoms with E-state index in [4.69, 9.17) is 4.52 Å². The van der Waals surface area contributed by atoms with Crippen molar-refractivity contribution in [3.8, 4) is 0 Å². The molecule has 0 N–H and O–H groups in total. The van der Waals surface area contributed by atoms with Gasteiger partial charge in [-0.25, -0.2) is 0 Å². The van der Waals surface area contributed by atoms with Crippen molar-refractivity contribution in [1.29, 1.82) is 0 Å². The quantitative estimate of drug-likeness (QED) is 0.770. The molecule has 4 rings (SSSR count). The number of carbonyl (C=O) groups is 2. The Morgan fingerprint density at radius 1 is 1.41 bits per heavy atom. The summed E-state index contributed by atoms with van der Waals surface area (Å²) in [4.78, 5) is 36.8. The lowest BCUT2D eigenvalue weighted by Crippen LogP contribution is -2.34. The SMILES string of the molecule is CN(Cc1noc(C2CCC2)n1)C(=O)[C@H]1CC(=O)N(Cc2cccnc2)C1. The van der Waals surface area contributed by atoms with Gasteiger partial charge in [0.15, 0.2) is 5.82 Å². The first-order valence-electron chi connectivity index (χ1n) is 9.34. The van der Waals surface area contributed by atoms with Crippen LogP contribution in [0.1, 0.15) is 48.9 Å². The zero-order valence-corrected chi connectivity index (χ0v) is 15.4. The van der Waals surface area contributed by atoms with Crippen LogP contribution in [0.2, 0.25) is 0 Å². The highest BCUT2D eigenvalue weighted by Crippen LogP contribution is 2.35. The highest BCUT2D eigenvalue weighted by molar-refractivity contribution is 5.89. The van der Waals surface area contributed by atoms with E-state index < -0.39 is 0 Å². The maximum absolute atomic E-state index is 12.7. The molecule has 142 valence electrons. The van der Waals surface area contributed by atoms with Gasteiger partial charge in [-0.1, -0.05) is 17.6 Å². The van der Waals surface area contributed by atoms with Crippen LogP contribution in [0.3, 0.4) is 0 Å². The number of rotatable bonds is 6. The molecule has 2 aromatic rings. The van der Waals surface area contributed by atoms with Gasteiger partial charge in [0.1, 0.15) is 0 Å². The van der Waals surface area contributed by atoms with Gasteiger partial charge in [-0.2, -0.15) is 4.98 Å². The van der Waals surface area contributed by atoms with Crippen LogP contribution >= 0.6 is 0 Å². The van der Waals surface area contributed by atoms with Gasteiger partial charge < -0.3 is 14.3 Å². The number of likely N-dealkylation sites (tertiary alicyclic amines) is 1. The summed E-state index contributed by atoms with van der Waals surface area (Å²) in [5, 5.41) is 3.99.